The van der Waals surface area contributed by atoms with Gasteiger partial charge in [-0.3, -0.25) is 4.79 Å². The van der Waals surface area contributed by atoms with Crippen molar-refractivity contribution in [3.63, 3.8) is 0 Å². The molecule has 1 heterocycles. The molecule has 18 heavy (non-hydrogen) atoms. The van der Waals surface area contributed by atoms with E-state index in [1.807, 2.05) is 20.9 Å². The van der Waals surface area contributed by atoms with Crippen molar-refractivity contribution in [2.75, 3.05) is 38.3 Å². The van der Waals surface area contributed by atoms with Gasteiger partial charge >= 0.3 is 0 Å². The molecule has 0 aliphatic carbocycles. The van der Waals surface area contributed by atoms with E-state index in [0.29, 0.717) is 18.8 Å². The molecule has 0 bridgehead atoms. The average Bonchev–Trinajstić information content (AvgIpc) is 2.32. The highest BCUT2D eigenvalue weighted by atomic mass is 16.2. The van der Waals surface area contributed by atoms with Gasteiger partial charge in [0.25, 0.3) is 0 Å². The third-order valence-electron chi connectivity index (χ3n) is 2.62. The number of hydrogen-bond donors (Lipinski definition) is 2. The zero-order valence-corrected chi connectivity index (χ0v) is 11.7. The fourth-order valence-electron chi connectivity index (χ4n) is 1.56. The standard InChI is InChI=1S/C12H21N5O/c1-8-11(13-3)15-9(2)16-12(8)14-7-6-10(18)17(4)5/h6-7H2,1-5H3,(H2,13,14,15,16). The van der Waals surface area contributed by atoms with E-state index in [9.17, 15) is 4.79 Å². The number of carbonyl (C=O) groups is 1. The lowest BCUT2D eigenvalue weighted by Gasteiger charge is -2.14. The predicted molar refractivity (Wildman–Crippen MR) is 72.9 cm³/mol. The number of nitrogens with zero attached hydrogens (tertiary/aromatic N) is 3. The van der Waals surface area contributed by atoms with Crippen LogP contribution in [0.1, 0.15) is 17.8 Å². The number of hydrogen-bond acceptors (Lipinski definition) is 5. The van der Waals surface area contributed by atoms with Gasteiger partial charge in [0.2, 0.25) is 5.91 Å². The zero-order valence-electron chi connectivity index (χ0n) is 11.7. The summed E-state index contributed by atoms with van der Waals surface area (Å²) < 4.78 is 0. The van der Waals surface area contributed by atoms with Gasteiger partial charge in [-0.1, -0.05) is 0 Å². The number of aryl methyl sites for hydroxylation is 1. The summed E-state index contributed by atoms with van der Waals surface area (Å²) >= 11 is 0. The van der Waals surface area contributed by atoms with Crippen LogP contribution in [0.2, 0.25) is 0 Å². The molecule has 1 rings (SSSR count). The van der Waals surface area contributed by atoms with Crippen molar-refractivity contribution in [1.29, 1.82) is 0 Å². The number of amides is 1. The highest BCUT2D eigenvalue weighted by molar-refractivity contribution is 5.76. The van der Waals surface area contributed by atoms with Crippen molar-refractivity contribution < 1.29 is 4.79 Å². The molecule has 0 saturated carbocycles. The molecular weight excluding hydrogens is 230 g/mol. The van der Waals surface area contributed by atoms with Crippen LogP contribution in [-0.2, 0) is 4.79 Å². The van der Waals surface area contributed by atoms with E-state index >= 15 is 0 Å². The molecule has 0 spiro atoms. The van der Waals surface area contributed by atoms with Gasteiger partial charge in [0.05, 0.1) is 0 Å². The van der Waals surface area contributed by atoms with Crippen LogP contribution >= 0.6 is 0 Å². The monoisotopic (exact) mass is 251 g/mol. The van der Waals surface area contributed by atoms with Crippen LogP contribution in [-0.4, -0.2) is 48.5 Å². The van der Waals surface area contributed by atoms with Crippen molar-refractivity contribution in [2.45, 2.75) is 20.3 Å². The van der Waals surface area contributed by atoms with E-state index in [1.54, 1.807) is 19.0 Å². The number of carbonyl (C=O) groups excluding carboxylic acids is 1. The van der Waals surface area contributed by atoms with Crippen molar-refractivity contribution in [3.8, 4) is 0 Å². The summed E-state index contributed by atoms with van der Waals surface area (Å²) in [6.07, 6.45) is 0.449. The molecule has 1 aromatic heterocycles. The summed E-state index contributed by atoms with van der Waals surface area (Å²) in [5.41, 5.74) is 0.959. The number of nitrogens with one attached hydrogen (secondary N) is 2. The average molecular weight is 251 g/mol. The maximum absolute atomic E-state index is 11.4. The van der Waals surface area contributed by atoms with Gasteiger partial charge in [-0.2, -0.15) is 0 Å². The van der Waals surface area contributed by atoms with E-state index in [1.165, 1.54) is 0 Å². The Morgan fingerprint density at radius 3 is 2.39 bits per heavy atom. The highest BCUT2D eigenvalue weighted by Gasteiger charge is 2.09. The molecular formula is C12H21N5O. The Labute approximate surface area is 108 Å². The summed E-state index contributed by atoms with van der Waals surface area (Å²) in [4.78, 5) is 21.7. The normalized spacial score (nSPS) is 10.1. The van der Waals surface area contributed by atoms with Gasteiger partial charge in [-0.25, -0.2) is 9.97 Å². The van der Waals surface area contributed by atoms with E-state index in [0.717, 1.165) is 17.2 Å². The minimum atomic E-state index is 0.0970. The molecule has 0 unspecified atom stereocenters. The summed E-state index contributed by atoms with van der Waals surface area (Å²) in [5.74, 6) is 2.38. The van der Waals surface area contributed by atoms with Gasteiger partial charge in [0.1, 0.15) is 17.5 Å². The van der Waals surface area contributed by atoms with Gasteiger partial charge in [-0.15, -0.1) is 0 Å². The minimum absolute atomic E-state index is 0.0970. The fourth-order valence-corrected chi connectivity index (χ4v) is 1.56. The molecule has 2 N–H and O–H groups in total. The quantitative estimate of drug-likeness (QED) is 0.818. The van der Waals surface area contributed by atoms with Crippen LogP contribution in [0.3, 0.4) is 0 Å². The zero-order chi connectivity index (χ0) is 13.7. The third kappa shape index (κ3) is 3.58. The Balaban J connectivity index is 2.67. The Morgan fingerprint density at radius 1 is 1.22 bits per heavy atom. The summed E-state index contributed by atoms with van der Waals surface area (Å²) in [6, 6.07) is 0. The number of anilines is 2. The summed E-state index contributed by atoms with van der Waals surface area (Å²) in [7, 11) is 5.33. The maximum Gasteiger partial charge on any atom is 0.223 e. The van der Waals surface area contributed by atoms with E-state index < -0.39 is 0 Å². The number of aromatic nitrogens is 2. The van der Waals surface area contributed by atoms with Gasteiger partial charge in [0.15, 0.2) is 0 Å². The lowest BCUT2D eigenvalue weighted by atomic mass is 10.3. The van der Waals surface area contributed by atoms with Crippen molar-refractivity contribution in [3.05, 3.63) is 11.4 Å². The molecule has 6 heteroatoms. The maximum atomic E-state index is 11.4. The predicted octanol–water partition coefficient (Wildman–Crippen LogP) is 1.03. The van der Waals surface area contributed by atoms with Crippen LogP contribution in [0.25, 0.3) is 0 Å². The topological polar surface area (TPSA) is 70.1 Å². The minimum Gasteiger partial charge on any atom is -0.373 e. The molecule has 100 valence electrons. The van der Waals surface area contributed by atoms with Gasteiger partial charge in [-0.05, 0) is 13.8 Å². The summed E-state index contributed by atoms with van der Waals surface area (Å²) in [6.45, 7) is 4.36. The van der Waals surface area contributed by atoms with E-state index in [-0.39, 0.29) is 5.91 Å². The van der Waals surface area contributed by atoms with E-state index in [4.69, 9.17) is 0 Å². The van der Waals surface area contributed by atoms with Gasteiger partial charge in [0, 0.05) is 39.7 Å². The lowest BCUT2D eigenvalue weighted by Crippen LogP contribution is -2.24. The Morgan fingerprint density at radius 2 is 1.83 bits per heavy atom. The molecule has 0 fully saturated rings. The lowest BCUT2D eigenvalue weighted by molar-refractivity contribution is -0.128. The molecule has 0 radical (unpaired) electrons. The summed E-state index contributed by atoms with van der Waals surface area (Å²) in [5, 5.41) is 6.20. The van der Waals surface area contributed by atoms with Crippen LogP contribution in [0, 0.1) is 13.8 Å². The van der Waals surface area contributed by atoms with Crippen LogP contribution in [0.5, 0.6) is 0 Å². The largest absolute Gasteiger partial charge is 0.373 e. The van der Waals surface area contributed by atoms with Crippen LogP contribution in [0.15, 0.2) is 0 Å². The second-order valence-corrected chi connectivity index (χ2v) is 4.31. The van der Waals surface area contributed by atoms with Gasteiger partial charge < -0.3 is 15.5 Å². The Kier molecular flexibility index (Phi) is 4.88. The first-order valence-electron chi connectivity index (χ1n) is 5.92. The van der Waals surface area contributed by atoms with Crippen molar-refractivity contribution >= 4 is 17.5 Å². The van der Waals surface area contributed by atoms with E-state index in [2.05, 4.69) is 20.6 Å². The van der Waals surface area contributed by atoms with Crippen LogP contribution in [0.4, 0.5) is 11.6 Å². The number of rotatable bonds is 5. The van der Waals surface area contributed by atoms with Crippen LogP contribution < -0.4 is 10.6 Å². The second-order valence-electron chi connectivity index (χ2n) is 4.31. The first-order valence-corrected chi connectivity index (χ1v) is 5.92. The fraction of sp³-hybridized carbons (Fsp3) is 0.583. The Hall–Kier alpha value is -1.85. The molecule has 1 amide bonds. The third-order valence-corrected chi connectivity index (χ3v) is 2.62. The first-order chi connectivity index (χ1) is 8.45. The SMILES string of the molecule is CNc1nc(C)nc(NCCC(=O)N(C)C)c1C. The second kappa shape index (κ2) is 6.18. The molecule has 0 aromatic carbocycles. The molecule has 0 atom stereocenters. The smallest absolute Gasteiger partial charge is 0.223 e. The molecule has 0 aliphatic rings. The highest BCUT2D eigenvalue weighted by Crippen LogP contribution is 2.18. The molecule has 1 aromatic rings. The molecule has 6 nitrogen and oxygen atoms in total. The first kappa shape index (κ1) is 14.2. The van der Waals surface area contributed by atoms with Crippen molar-refractivity contribution in [1.82, 2.24) is 14.9 Å². The van der Waals surface area contributed by atoms with Crippen molar-refractivity contribution in [2.24, 2.45) is 0 Å². The molecule has 0 saturated heterocycles. The Bertz CT molecular complexity index is 431. The molecule has 0 aliphatic heterocycles.